The Bertz CT molecular complexity index is 1040. The van der Waals surface area contributed by atoms with Crippen LogP contribution in [0, 0.1) is 10.1 Å². The number of nitro groups is 1. The molecule has 32 heavy (non-hydrogen) atoms. The van der Waals surface area contributed by atoms with Gasteiger partial charge in [0.15, 0.2) is 11.5 Å². The molecule has 1 saturated heterocycles. The molecule has 1 heterocycles. The van der Waals surface area contributed by atoms with Crippen LogP contribution in [0.15, 0.2) is 42.5 Å². The standard InChI is InChI=1S/C20H23F2N3O6S/c1-30-18-11-16(17(25(26)27)12-19(18)31-20(21)22)13-23-7-9-24(10-8-23)32(28,29)14-15-5-3-2-4-6-15/h2-6,11-12,20H,7-10,13-14H2,1H3. The molecule has 12 heteroatoms. The molecule has 1 aliphatic heterocycles. The van der Waals surface area contributed by atoms with E-state index in [0.29, 0.717) is 18.7 Å². The van der Waals surface area contributed by atoms with E-state index < -0.39 is 27.3 Å². The first-order chi connectivity index (χ1) is 15.2. The minimum absolute atomic E-state index is 0.0463. The molecule has 0 spiro atoms. The first-order valence-corrected chi connectivity index (χ1v) is 11.3. The van der Waals surface area contributed by atoms with Gasteiger partial charge < -0.3 is 9.47 Å². The summed E-state index contributed by atoms with van der Waals surface area (Å²) in [7, 11) is -2.24. The molecule has 0 atom stereocenters. The molecular weight excluding hydrogens is 448 g/mol. The molecule has 0 N–H and O–H groups in total. The van der Waals surface area contributed by atoms with E-state index >= 15 is 0 Å². The Morgan fingerprint density at radius 2 is 1.75 bits per heavy atom. The monoisotopic (exact) mass is 471 g/mol. The van der Waals surface area contributed by atoms with Crippen LogP contribution >= 0.6 is 0 Å². The number of rotatable bonds is 9. The third kappa shape index (κ3) is 5.90. The van der Waals surface area contributed by atoms with Gasteiger partial charge >= 0.3 is 6.61 Å². The normalized spacial score (nSPS) is 15.6. The third-order valence-electron chi connectivity index (χ3n) is 5.09. The second kappa shape index (κ2) is 10.2. The smallest absolute Gasteiger partial charge is 0.387 e. The van der Waals surface area contributed by atoms with Crippen molar-refractivity contribution in [1.82, 2.24) is 9.21 Å². The molecule has 1 aliphatic rings. The van der Waals surface area contributed by atoms with E-state index in [1.165, 1.54) is 17.5 Å². The molecule has 3 rings (SSSR count). The maximum Gasteiger partial charge on any atom is 0.387 e. The first-order valence-electron chi connectivity index (χ1n) is 9.74. The number of nitro benzene ring substituents is 1. The lowest BCUT2D eigenvalue weighted by Gasteiger charge is -2.34. The van der Waals surface area contributed by atoms with Crippen molar-refractivity contribution in [3.8, 4) is 11.5 Å². The fraction of sp³-hybridized carbons (Fsp3) is 0.400. The summed E-state index contributed by atoms with van der Waals surface area (Å²) >= 11 is 0. The van der Waals surface area contributed by atoms with E-state index in [4.69, 9.17) is 4.74 Å². The number of methoxy groups -OCH3 is 1. The lowest BCUT2D eigenvalue weighted by atomic mass is 10.1. The van der Waals surface area contributed by atoms with E-state index in [1.807, 2.05) is 11.0 Å². The summed E-state index contributed by atoms with van der Waals surface area (Å²) in [6.07, 6.45) is 0. The zero-order valence-electron chi connectivity index (χ0n) is 17.3. The molecule has 9 nitrogen and oxygen atoms in total. The van der Waals surface area contributed by atoms with Crippen LogP contribution in [-0.2, 0) is 22.3 Å². The highest BCUT2D eigenvalue weighted by atomic mass is 32.2. The zero-order chi connectivity index (χ0) is 23.3. The summed E-state index contributed by atoms with van der Waals surface area (Å²) < 4.78 is 61.4. The number of nitrogens with zero attached hydrogens (tertiary/aromatic N) is 3. The number of piperazine rings is 1. The number of ether oxygens (including phenoxy) is 2. The van der Waals surface area contributed by atoms with E-state index in [0.717, 1.165) is 6.07 Å². The van der Waals surface area contributed by atoms with Gasteiger partial charge in [0.1, 0.15) is 0 Å². The van der Waals surface area contributed by atoms with Gasteiger partial charge in [0, 0.05) is 38.3 Å². The zero-order valence-corrected chi connectivity index (χ0v) is 18.1. The van der Waals surface area contributed by atoms with E-state index in [9.17, 15) is 27.3 Å². The summed E-state index contributed by atoms with van der Waals surface area (Å²) in [6, 6.07) is 11.1. The average molecular weight is 471 g/mol. The molecule has 0 bridgehead atoms. The summed E-state index contributed by atoms with van der Waals surface area (Å²) in [4.78, 5) is 12.7. The van der Waals surface area contributed by atoms with Crippen LogP contribution in [-0.4, -0.2) is 62.4 Å². The van der Waals surface area contributed by atoms with Crippen molar-refractivity contribution in [2.24, 2.45) is 0 Å². The van der Waals surface area contributed by atoms with Crippen molar-refractivity contribution in [2.75, 3.05) is 33.3 Å². The van der Waals surface area contributed by atoms with Crippen molar-refractivity contribution in [3.05, 3.63) is 63.7 Å². The van der Waals surface area contributed by atoms with Gasteiger partial charge in [-0.15, -0.1) is 0 Å². The van der Waals surface area contributed by atoms with Gasteiger partial charge in [-0.25, -0.2) is 8.42 Å². The summed E-state index contributed by atoms with van der Waals surface area (Å²) in [5.74, 6) is -0.563. The Hall–Kier alpha value is -2.83. The largest absolute Gasteiger partial charge is 0.493 e. The lowest BCUT2D eigenvalue weighted by molar-refractivity contribution is -0.385. The molecule has 174 valence electrons. The minimum Gasteiger partial charge on any atom is -0.493 e. The summed E-state index contributed by atoms with van der Waals surface area (Å²) in [5.41, 5.74) is 0.582. The van der Waals surface area contributed by atoms with Crippen molar-refractivity contribution < 1.29 is 31.6 Å². The van der Waals surface area contributed by atoms with Gasteiger partial charge in [-0.2, -0.15) is 13.1 Å². The lowest BCUT2D eigenvalue weighted by Crippen LogP contribution is -2.48. The van der Waals surface area contributed by atoms with Gasteiger partial charge in [-0.1, -0.05) is 30.3 Å². The fourth-order valence-electron chi connectivity index (χ4n) is 3.52. The van der Waals surface area contributed by atoms with Crippen LogP contribution in [0.1, 0.15) is 11.1 Å². The molecule has 0 unspecified atom stereocenters. The molecule has 0 saturated carbocycles. The van der Waals surface area contributed by atoms with Gasteiger partial charge in [-0.05, 0) is 11.6 Å². The molecular formula is C20H23F2N3O6S. The fourth-order valence-corrected chi connectivity index (χ4v) is 5.03. The Kier molecular flexibility index (Phi) is 7.59. The number of hydrogen-bond acceptors (Lipinski definition) is 7. The summed E-state index contributed by atoms with van der Waals surface area (Å²) in [5, 5.41) is 11.5. The minimum atomic E-state index is -3.49. The second-order valence-corrected chi connectivity index (χ2v) is 9.15. The Morgan fingerprint density at radius 3 is 2.31 bits per heavy atom. The quantitative estimate of drug-likeness (QED) is 0.409. The molecule has 2 aromatic carbocycles. The maximum absolute atomic E-state index is 12.7. The van der Waals surface area contributed by atoms with Crippen LogP contribution < -0.4 is 9.47 Å². The topological polar surface area (TPSA) is 102 Å². The third-order valence-corrected chi connectivity index (χ3v) is 6.94. The Labute approximate surface area is 184 Å². The molecule has 0 amide bonds. The predicted octanol–water partition coefficient (Wildman–Crippen LogP) is 2.85. The van der Waals surface area contributed by atoms with Crippen molar-refractivity contribution in [1.29, 1.82) is 0 Å². The number of hydrogen-bond donors (Lipinski definition) is 0. The van der Waals surface area contributed by atoms with Crippen LogP contribution in [0.25, 0.3) is 0 Å². The van der Waals surface area contributed by atoms with E-state index in [-0.39, 0.29) is 42.4 Å². The molecule has 2 aromatic rings. The van der Waals surface area contributed by atoms with Crippen molar-refractivity contribution in [2.45, 2.75) is 18.9 Å². The highest BCUT2D eigenvalue weighted by molar-refractivity contribution is 7.88. The Morgan fingerprint density at radius 1 is 1.09 bits per heavy atom. The van der Waals surface area contributed by atoms with Gasteiger partial charge in [0.25, 0.3) is 5.69 Å². The number of alkyl halides is 2. The predicted molar refractivity (Wildman–Crippen MR) is 112 cm³/mol. The number of halogens is 2. The van der Waals surface area contributed by atoms with Gasteiger partial charge in [0.05, 0.1) is 23.9 Å². The van der Waals surface area contributed by atoms with E-state index in [1.54, 1.807) is 24.3 Å². The van der Waals surface area contributed by atoms with Gasteiger partial charge in [0.2, 0.25) is 10.0 Å². The number of benzene rings is 2. The molecule has 1 fully saturated rings. The molecule has 0 radical (unpaired) electrons. The van der Waals surface area contributed by atoms with Crippen LogP contribution in [0.5, 0.6) is 11.5 Å². The van der Waals surface area contributed by atoms with Gasteiger partial charge in [-0.3, -0.25) is 15.0 Å². The highest BCUT2D eigenvalue weighted by Crippen LogP contribution is 2.36. The second-order valence-electron chi connectivity index (χ2n) is 7.18. The number of sulfonamides is 1. The molecule has 0 aliphatic carbocycles. The molecule has 0 aromatic heterocycles. The van der Waals surface area contributed by atoms with Crippen molar-refractivity contribution in [3.63, 3.8) is 0 Å². The summed E-state index contributed by atoms with van der Waals surface area (Å²) in [6.45, 7) is -1.81. The van der Waals surface area contributed by atoms with Crippen molar-refractivity contribution >= 4 is 15.7 Å². The SMILES string of the molecule is COc1cc(CN2CCN(S(=O)(=O)Cc3ccccc3)CC2)c([N+](=O)[O-])cc1OC(F)F. The Balaban J connectivity index is 1.69. The average Bonchev–Trinajstić information content (AvgIpc) is 2.74. The maximum atomic E-state index is 12.7. The first kappa shape index (κ1) is 23.8. The van der Waals surface area contributed by atoms with E-state index in [2.05, 4.69) is 4.74 Å². The highest BCUT2D eigenvalue weighted by Gasteiger charge is 2.29. The van der Waals surface area contributed by atoms with Crippen LogP contribution in [0.2, 0.25) is 0 Å². The van der Waals surface area contributed by atoms with Crippen LogP contribution in [0.4, 0.5) is 14.5 Å². The van der Waals surface area contributed by atoms with Crippen LogP contribution in [0.3, 0.4) is 0 Å².